The number of carbonyl (C=O) groups excluding carboxylic acids is 1. The van der Waals surface area contributed by atoms with Crippen molar-refractivity contribution in [3.8, 4) is 0 Å². The van der Waals surface area contributed by atoms with E-state index >= 15 is 0 Å². The van der Waals surface area contributed by atoms with Crippen LogP contribution in [0.1, 0.15) is 32.3 Å². The monoisotopic (exact) mass is 297 g/mol. The van der Waals surface area contributed by atoms with E-state index in [1.807, 2.05) is 57.2 Å². The molecule has 116 valence electrons. The van der Waals surface area contributed by atoms with Crippen molar-refractivity contribution in [1.82, 2.24) is 0 Å². The zero-order chi connectivity index (χ0) is 16.3. The smallest absolute Gasteiger partial charge is 0.324 e. The Kier molecular flexibility index (Phi) is 4.67. The van der Waals surface area contributed by atoms with Crippen molar-refractivity contribution < 1.29 is 9.53 Å². The number of hydrogen-bond acceptors (Lipinski definition) is 3. The van der Waals surface area contributed by atoms with Crippen molar-refractivity contribution in [1.29, 1.82) is 0 Å². The number of benzene rings is 2. The van der Waals surface area contributed by atoms with Gasteiger partial charge < -0.3 is 10.5 Å². The Morgan fingerprint density at radius 2 is 1.82 bits per heavy atom. The van der Waals surface area contributed by atoms with Gasteiger partial charge in [-0.25, -0.2) is 0 Å². The molecule has 0 saturated carbocycles. The number of hydrogen-bond donors (Lipinski definition) is 1. The van der Waals surface area contributed by atoms with Crippen LogP contribution in [-0.2, 0) is 9.53 Å². The van der Waals surface area contributed by atoms with Gasteiger partial charge in [0.2, 0.25) is 0 Å². The van der Waals surface area contributed by atoms with Gasteiger partial charge in [0, 0.05) is 5.92 Å². The van der Waals surface area contributed by atoms with Crippen LogP contribution in [0.15, 0.2) is 55.1 Å². The van der Waals surface area contributed by atoms with Gasteiger partial charge >= 0.3 is 5.97 Å². The van der Waals surface area contributed by atoms with E-state index in [9.17, 15) is 4.79 Å². The summed E-state index contributed by atoms with van der Waals surface area (Å²) in [4.78, 5) is 12.2. The standard InChI is InChI=1S/C19H23NO2/c1-5-16(17(20)18(21)22-19(2,3)4)15-11-10-13-8-6-7-9-14(13)12-15/h5-12,16-17H,1,20H2,2-4H3/t16-,17-/m0/s1. The highest BCUT2D eigenvalue weighted by Gasteiger charge is 2.28. The third-order valence-corrected chi connectivity index (χ3v) is 3.48. The molecule has 2 aromatic carbocycles. The first-order valence-electron chi connectivity index (χ1n) is 7.41. The highest BCUT2D eigenvalue weighted by molar-refractivity contribution is 5.84. The van der Waals surface area contributed by atoms with Gasteiger partial charge in [-0.15, -0.1) is 6.58 Å². The van der Waals surface area contributed by atoms with Crippen LogP contribution in [0.3, 0.4) is 0 Å². The van der Waals surface area contributed by atoms with Crippen LogP contribution in [-0.4, -0.2) is 17.6 Å². The minimum atomic E-state index is -0.766. The predicted octanol–water partition coefficient (Wildman–Crippen LogP) is 3.78. The van der Waals surface area contributed by atoms with E-state index in [2.05, 4.69) is 12.6 Å². The van der Waals surface area contributed by atoms with E-state index in [0.717, 1.165) is 16.3 Å². The van der Waals surface area contributed by atoms with Crippen molar-refractivity contribution >= 4 is 16.7 Å². The molecule has 0 bridgehead atoms. The maximum absolute atomic E-state index is 12.2. The minimum absolute atomic E-state index is 0.278. The third-order valence-electron chi connectivity index (χ3n) is 3.48. The van der Waals surface area contributed by atoms with E-state index in [1.165, 1.54) is 0 Å². The Hall–Kier alpha value is -2.13. The van der Waals surface area contributed by atoms with Crippen LogP contribution in [0, 0.1) is 0 Å². The van der Waals surface area contributed by atoms with Crippen LogP contribution >= 0.6 is 0 Å². The van der Waals surface area contributed by atoms with Crippen molar-refractivity contribution in [2.45, 2.75) is 38.3 Å². The Morgan fingerprint density at radius 1 is 1.18 bits per heavy atom. The number of carbonyl (C=O) groups is 1. The average molecular weight is 297 g/mol. The molecule has 0 aliphatic rings. The summed E-state index contributed by atoms with van der Waals surface area (Å²) in [5.74, 6) is -0.690. The van der Waals surface area contributed by atoms with Gasteiger partial charge in [-0.3, -0.25) is 4.79 Å². The lowest BCUT2D eigenvalue weighted by atomic mass is 9.90. The summed E-state index contributed by atoms with van der Waals surface area (Å²) < 4.78 is 5.38. The highest BCUT2D eigenvalue weighted by Crippen LogP contribution is 2.26. The summed E-state index contributed by atoms with van der Waals surface area (Å²) >= 11 is 0. The minimum Gasteiger partial charge on any atom is -0.459 e. The molecule has 0 spiro atoms. The molecule has 2 N–H and O–H groups in total. The van der Waals surface area contributed by atoms with Crippen molar-refractivity contribution in [2.24, 2.45) is 5.73 Å². The van der Waals surface area contributed by atoms with E-state index in [0.29, 0.717) is 0 Å². The average Bonchev–Trinajstić information content (AvgIpc) is 2.46. The molecule has 0 heterocycles. The molecule has 2 aromatic rings. The van der Waals surface area contributed by atoms with Gasteiger partial charge in [-0.2, -0.15) is 0 Å². The number of rotatable bonds is 4. The molecular weight excluding hydrogens is 274 g/mol. The topological polar surface area (TPSA) is 52.3 Å². The molecule has 0 saturated heterocycles. The molecule has 0 aromatic heterocycles. The number of ether oxygens (including phenoxy) is 1. The fourth-order valence-electron chi connectivity index (χ4n) is 2.42. The lowest BCUT2D eigenvalue weighted by Crippen LogP contribution is -2.41. The summed E-state index contributed by atoms with van der Waals surface area (Å²) in [6.07, 6.45) is 1.71. The fourth-order valence-corrected chi connectivity index (χ4v) is 2.42. The summed E-state index contributed by atoms with van der Waals surface area (Å²) in [5.41, 5.74) is 6.52. The number of esters is 1. The Balaban J connectivity index is 2.29. The van der Waals surface area contributed by atoms with Gasteiger partial charge in [0.1, 0.15) is 11.6 Å². The first-order valence-corrected chi connectivity index (χ1v) is 7.41. The zero-order valence-corrected chi connectivity index (χ0v) is 13.4. The molecule has 3 nitrogen and oxygen atoms in total. The molecule has 0 radical (unpaired) electrons. The van der Waals surface area contributed by atoms with Gasteiger partial charge in [0.05, 0.1) is 0 Å². The second-order valence-electron chi connectivity index (χ2n) is 6.43. The number of fused-ring (bicyclic) bond motifs is 1. The Bertz CT molecular complexity index is 685. The largest absolute Gasteiger partial charge is 0.459 e. The summed E-state index contributed by atoms with van der Waals surface area (Å²) in [6.45, 7) is 9.32. The molecule has 3 heteroatoms. The lowest BCUT2D eigenvalue weighted by molar-refractivity contribution is -0.156. The summed E-state index contributed by atoms with van der Waals surface area (Å²) in [5, 5.41) is 2.27. The molecule has 0 aliphatic heterocycles. The molecule has 0 unspecified atom stereocenters. The molecule has 2 rings (SSSR count). The molecule has 0 amide bonds. The predicted molar refractivity (Wildman–Crippen MR) is 90.7 cm³/mol. The zero-order valence-electron chi connectivity index (χ0n) is 13.4. The second-order valence-corrected chi connectivity index (χ2v) is 6.43. The normalized spacial score (nSPS) is 14.4. The van der Waals surface area contributed by atoms with Crippen LogP contribution in [0.25, 0.3) is 10.8 Å². The molecule has 22 heavy (non-hydrogen) atoms. The van der Waals surface area contributed by atoms with E-state index in [1.54, 1.807) is 6.08 Å². The Morgan fingerprint density at radius 3 is 2.41 bits per heavy atom. The van der Waals surface area contributed by atoms with Crippen molar-refractivity contribution in [3.05, 3.63) is 60.7 Å². The van der Waals surface area contributed by atoms with Crippen LogP contribution in [0.2, 0.25) is 0 Å². The maximum Gasteiger partial charge on any atom is 0.324 e. The first-order chi connectivity index (χ1) is 10.3. The molecule has 0 aliphatic carbocycles. The Labute approximate surface area is 131 Å². The van der Waals surface area contributed by atoms with Gasteiger partial charge in [0.25, 0.3) is 0 Å². The molecule has 2 atom stereocenters. The summed E-state index contributed by atoms with van der Waals surface area (Å²) in [7, 11) is 0. The van der Waals surface area contributed by atoms with E-state index in [4.69, 9.17) is 10.5 Å². The van der Waals surface area contributed by atoms with Gasteiger partial charge in [-0.1, -0.05) is 48.5 Å². The van der Waals surface area contributed by atoms with Gasteiger partial charge in [0.15, 0.2) is 0 Å². The lowest BCUT2D eigenvalue weighted by Gasteiger charge is -2.25. The molecule has 0 fully saturated rings. The van der Waals surface area contributed by atoms with E-state index < -0.39 is 17.6 Å². The van der Waals surface area contributed by atoms with Crippen LogP contribution in [0.5, 0.6) is 0 Å². The van der Waals surface area contributed by atoms with Crippen LogP contribution < -0.4 is 5.73 Å². The van der Waals surface area contributed by atoms with Gasteiger partial charge in [-0.05, 0) is 37.1 Å². The maximum atomic E-state index is 12.2. The summed E-state index contributed by atoms with van der Waals surface area (Å²) in [6, 6.07) is 13.4. The quantitative estimate of drug-likeness (QED) is 0.690. The fraction of sp³-hybridized carbons (Fsp3) is 0.316. The van der Waals surface area contributed by atoms with E-state index in [-0.39, 0.29) is 5.92 Å². The second kappa shape index (κ2) is 6.32. The SMILES string of the molecule is C=C[C@@H](c1ccc2ccccc2c1)[C@H](N)C(=O)OC(C)(C)C. The van der Waals surface area contributed by atoms with Crippen molar-refractivity contribution in [2.75, 3.05) is 0 Å². The molecular formula is C19H23NO2. The number of nitrogens with two attached hydrogens (primary N) is 1. The highest BCUT2D eigenvalue weighted by atomic mass is 16.6. The third kappa shape index (κ3) is 3.74. The first kappa shape index (κ1) is 16.2. The van der Waals surface area contributed by atoms with Crippen molar-refractivity contribution in [3.63, 3.8) is 0 Å². The van der Waals surface area contributed by atoms with Crippen LogP contribution in [0.4, 0.5) is 0 Å².